The minimum atomic E-state index is -0.358. The van der Waals surface area contributed by atoms with Gasteiger partial charge < -0.3 is 15.0 Å². The third-order valence-electron chi connectivity index (χ3n) is 4.72. The smallest absolute Gasteiger partial charge is 0.257 e. The monoisotopic (exact) mass is 407 g/mol. The number of nitrogens with one attached hydrogen (secondary N) is 2. The van der Waals surface area contributed by atoms with E-state index in [0.717, 1.165) is 16.9 Å². The molecule has 1 atom stereocenters. The molecule has 4 rings (SSSR count). The van der Waals surface area contributed by atoms with Crippen molar-refractivity contribution in [3.05, 3.63) is 81.6 Å². The molecule has 1 amide bonds. The molecule has 0 bridgehead atoms. The van der Waals surface area contributed by atoms with E-state index in [-0.39, 0.29) is 23.8 Å². The van der Waals surface area contributed by atoms with Crippen LogP contribution in [0.3, 0.4) is 0 Å². The van der Waals surface area contributed by atoms with Crippen LogP contribution in [-0.2, 0) is 10.5 Å². The number of ether oxygens (including phenoxy) is 1. The summed E-state index contributed by atoms with van der Waals surface area (Å²) in [5.74, 6) is 1.23. The molecule has 7 heteroatoms. The molecule has 0 unspecified atom stereocenters. The molecule has 148 valence electrons. The molecule has 0 spiro atoms. The molecule has 29 heavy (non-hydrogen) atoms. The molecule has 0 aliphatic carbocycles. The number of rotatable bonds is 6. The van der Waals surface area contributed by atoms with Crippen LogP contribution >= 0.6 is 11.8 Å². The van der Waals surface area contributed by atoms with E-state index in [1.807, 2.05) is 61.5 Å². The van der Waals surface area contributed by atoms with Crippen molar-refractivity contribution in [2.75, 3.05) is 11.9 Å². The number of nitrogens with zero attached hydrogens (tertiary/aromatic N) is 1. The molecule has 0 radical (unpaired) electrons. The lowest BCUT2D eigenvalue weighted by molar-refractivity contribution is -0.116. The lowest BCUT2D eigenvalue weighted by Gasteiger charge is -2.24. The SMILES string of the molecule is CCOc1cccc([C@H]2CC(=O)Nc3nc(SCc4ccccc4)[nH]c(=O)c32)c1. The van der Waals surface area contributed by atoms with Crippen LogP contribution in [0.25, 0.3) is 0 Å². The molecule has 3 aromatic rings. The number of benzene rings is 2. The van der Waals surface area contributed by atoms with Gasteiger partial charge in [0.15, 0.2) is 5.16 Å². The number of anilines is 1. The van der Waals surface area contributed by atoms with E-state index < -0.39 is 0 Å². The zero-order valence-electron chi connectivity index (χ0n) is 16.0. The molecule has 2 heterocycles. The van der Waals surface area contributed by atoms with Crippen molar-refractivity contribution in [3.8, 4) is 5.75 Å². The summed E-state index contributed by atoms with van der Waals surface area (Å²) in [6.07, 6.45) is 0.198. The summed E-state index contributed by atoms with van der Waals surface area (Å²) in [5, 5.41) is 3.25. The molecule has 0 fully saturated rings. The Kier molecular flexibility index (Phi) is 5.67. The van der Waals surface area contributed by atoms with Crippen LogP contribution in [0.15, 0.2) is 64.5 Å². The van der Waals surface area contributed by atoms with Gasteiger partial charge in [-0.2, -0.15) is 0 Å². The molecule has 1 aliphatic heterocycles. The van der Waals surface area contributed by atoms with Crippen LogP contribution in [0.4, 0.5) is 5.82 Å². The first-order valence-corrected chi connectivity index (χ1v) is 10.5. The summed E-state index contributed by atoms with van der Waals surface area (Å²) in [5.41, 5.74) is 2.26. The minimum absolute atomic E-state index is 0.151. The van der Waals surface area contributed by atoms with Gasteiger partial charge in [-0.3, -0.25) is 9.59 Å². The second kappa shape index (κ2) is 8.53. The Morgan fingerprint density at radius 3 is 2.76 bits per heavy atom. The van der Waals surface area contributed by atoms with E-state index in [1.165, 1.54) is 11.8 Å². The maximum Gasteiger partial charge on any atom is 0.257 e. The number of thioether (sulfide) groups is 1. The number of carbonyl (C=O) groups is 1. The maximum atomic E-state index is 12.9. The third kappa shape index (κ3) is 4.35. The zero-order chi connectivity index (χ0) is 20.2. The molecule has 2 N–H and O–H groups in total. The van der Waals surface area contributed by atoms with Crippen molar-refractivity contribution in [3.63, 3.8) is 0 Å². The van der Waals surface area contributed by atoms with Gasteiger partial charge in [0.05, 0.1) is 12.2 Å². The highest BCUT2D eigenvalue weighted by Gasteiger charge is 2.31. The number of aromatic nitrogens is 2. The first-order valence-electron chi connectivity index (χ1n) is 9.47. The molecule has 2 aromatic carbocycles. The van der Waals surface area contributed by atoms with E-state index in [0.29, 0.717) is 28.9 Å². The summed E-state index contributed by atoms with van der Waals surface area (Å²) in [6, 6.07) is 17.5. The molecular formula is C22H21N3O3S. The van der Waals surface area contributed by atoms with Crippen LogP contribution in [0.2, 0.25) is 0 Å². The van der Waals surface area contributed by atoms with Crippen LogP contribution in [0.1, 0.15) is 36.0 Å². The lowest BCUT2D eigenvalue weighted by Crippen LogP contribution is -2.31. The summed E-state index contributed by atoms with van der Waals surface area (Å²) in [7, 11) is 0. The van der Waals surface area contributed by atoms with E-state index in [9.17, 15) is 9.59 Å². The Balaban J connectivity index is 1.65. The average molecular weight is 407 g/mol. The summed E-state index contributed by atoms with van der Waals surface area (Å²) in [6.45, 7) is 2.47. The molecule has 1 aromatic heterocycles. The fourth-order valence-corrected chi connectivity index (χ4v) is 4.23. The molecular weight excluding hydrogens is 386 g/mol. The summed E-state index contributed by atoms with van der Waals surface area (Å²) < 4.78 is 5.57. The van der Waals surface area contributed by atoms with Crippen molar-refractivity contribution in [1.29, 1.82) is 0 Å². The van der Waals surface area contributed by atoms with Crippen molar-refractivity contribution in [1.82, 2.24) is 9.97 Å². The standard InChI is InChI=1S/C22H21N3O3S/c1-2-28-16-10-6-9-15(11-16)17-12-18(26)23-20-19(17)21(27)25-22(24-20)29-13-14-7-4-3-5-8-14/h3-11,17H,2,12-13H2,1H3,(H2,23,24,25,26,27)/t17-/m1/s1. The van der Waals surface area contributed by atoms with Crippen molar-refractivity contribution >= 4 is 23.5 Å². The highest BCUT2D eigenvalue weighted by Crippen LogP contribution is 2.35. The second-order valence-corrected chi connectivity index (χ2v) is 7.68. The number of hydrogen-bond acceptors (Lipinski definition) is 5. The Morgan fingerprint density at radius 2 is 1.97 bits per heavy atom. The van der Waals surface area contributed by atoms with Crippen LogP contribution in [0, 0.1) is 0 Å². The highest BCUT2D eigenvalue weighted by atomic mass is 32.2. The Morgan fingerprint density at radius 1 is 1.14 bits per heavy atom. The lowest BCUT2D eigenvalue weighted by atomic mass is 9.87. The third-order valence-corrected chi connectivity index (χ3v) is 5.66. The van der Waals surface area contributed by atoms with E-state index in [1.54, 1.807) is 0 Å². The summed E-state index contributed by atoms with van der Waals surface area (Å²) in [4.78, 5) is 32.6. The number of aromatic amines is 1. The van der Waals surface area contributed by atoms with Crippen molar-refractivity contribution in [2.24, 2.45) is 0 Å². The highest BCUT2D eigenvalue weighted by molar-refractivity contribution is 7.98. The van der Waals surface area contributed by atoms with Crippen LogP contribution < -0.4 is 15.6 Å². The quantitative estimate of drug-likeness (QED) is 0.478. The number of carbonyl (C=O) groups excluding carboxylic acids is 1. The van der Waals surface area contributed by atoms with Gasteiger partial charge in [0, 0.05) is 18.1 Å². The van der Waals surface area contributed by atoms with Crippen molar-refractivity contribution < 1.29 is 9.53 Å². The minimum Gasteiger partial charge on any atom is -0.494 e. The average Bonchev–Trinajstić information content (AvgIpc) is 2.72. The van der Waals surface area contributed by atoms with E-state index in [2.05, 4.69) is 15.3 Å². The molecule has 0 saturated heterocycles. The normalized spacial score (nSPS) is 15.5. The van der Waals surface area contributed by atoms with Crippen molar-refractivity contribution in [2.45, 2.75) is 30.2 Å². The van der Waals surface area contributed by atoms with Gasteiger partial charge in [0.25, 0.3) is 5.56 Å². The molecule has 1 aliphatic rings. The van der Waals surface area contributed by atoms with Gasteiger partial charge in [-0.1, -0.05) is 54.2 Å². The van der Waals surface area contributed by atoms with Gasteiger partial charge in [-0.25, -0.2) is 4.98 Å². The maximum absolute atomic E-state index is 12.9. The topological polar surface area (TPSA) is 84.1 Å². The van der Waals surface area contributed by atoms with Crippen LogP contribution in [-0.4, -0.2) is 22.5 Å². The van der Waals surface area contributed by atoms with Gasteiger partial charge in [-0.05, 0) is 30.2 Å². The first-order chi connectivity index (χ1) is 14.1. The predicted octanol–water partition coefficient (Wildman–Crippen LogP) is 3.94. The fraction of sp³-hybridized carbons (Fsp3) is 0.227. The Hall–Kier alpha value is -3.06. The second-order valence-electron chi connectivity index (χ2n) is 6.72. The van der Waals surface area contributed by atoms with E-state index >= 15 is 0 Å². The number of fused-ring (bicyclic) bond motifs is 1. The van der Waals surface area contributed by atoms with Crippen LogP contribution in [0.5, 0.6) is 5.75 Å². The first kappa shape index (κ1) is 19.3. The molecule has 6 nitrogen and oxygen atoms in total. The predicted molar refractivity (Wildman–Crippen MR) is 114 cm³/mol. The number of amides is 1. The van der Waals surface area contributed by atoms with Gasteiger partial charge in [0.2, 0.25) is 5.91 Å². The summed E-state index contributed by atoms with van der Waals surface area (Å²) >= 11 is 1.43. The number of hydrogen-bond donors (Lipinski definition) is 2. The van der Waals surface area contributed by atoms with E-state index in [4.69, 9.17) is 4.74 Å². The Labute approximate surface area is 172 Å². The number of H-pyrrole nitrogens is 1. The Bertz CT molecular complexity index is 1080. The zero-order valence-corrected chi connectivity index (χ0v) is 16.8. The van der Waals surface area contributed by atoms with Gasteiger partial charge in [-0.15, -0.1) is 0 Å². The van der Waals surface area contributed by atoms with Gasteiger partial charge >= 0.3 is 0 Å². The molecule has 0 saturated carbocycles. The largest absolute Gasteiger partial charge is 0.494 e. The van der Waals surface area contributed by atoms with Gasteiger partial charge in [0.1, 0.15) is 11.6 Å². The fourth-order valence-electron chi connectivity index (χ4n) is 3.42.